The van der Waals surface area contributed by atoms with Gasteiger partial charge in [0.1, 0.15) is 25.3 Å². The zero-order chi connectivity index (χ0) is 14.6. The van der Waals surface area contributed by atoms with Gasteiger partial charge in [0.15, 0.2) is 5.56 Å². The second-order valence-corrected chi connectivity index (χ2v) is 7.28. The van der Waals surface area contributed by atoms with Gasteiger partial charge in [-0.15, -0.1) is 0 Å². The average Bonchev–Trinajstić information content (AvgIpc) is 2.08. The second-order valence-electron chi connectivity index (χ2n) is 6.85. The van der Waals surface area contributed by atoms with Crippen molar-refractivity contribution in [2.45, 2.75) is 17.8 Å². The third-order valence-corrected chi connectivity index (χ3v) is 2.66. The van der Waals surface area contributed by atoms with Crippen molar-refractivity contribution in [2.75, 3.05) is 62.0 Å². The van der Waals surface area contributed by atoms with E-state index in [-0.39, 0.29) is 6.61 Å². The zero-order valence-corrected chi connectivity index (χ0v) is 13.2. The van der Waals surface area contributed by atoms with E-state index in [4.69, 9.17) is 16.3 Å². The Balaban J connectivity index is 3.99. The molecule has 2 N–H and O–H groups in total. The summed E-state index contributed by atoms with van der Waals surface area (Å²) < 4.78 is 6.56. The fourth-order valence-corrected chi connectivity index (χ4v) is 1.80. The highest BCUT2D eigenvalue weighted by molar-refractivity contribution is 6.20. The summed E-state index contributed by atoms with van der Waals surface area (Å²) in [5, 5.41) is 19.6. The number of hydrogen-bond acceptors (Lipinski definition) is 3. The van der Waals surface area contributed by atoms with E-state index >= 15 is 0 Å². The predicted octanol–water partition coefficient (Wildman–Crippen LogP) is -0.298. The lowest BCUT2D eigenvalue weighted by atomic mass is 10.3. The Hall–Kier alpha value is 0.0900. The topological polar surface area (TPSA) is 49.7 Å². The molecule has 0 fully saturated rings. The van der Waals surface area contributed by atoms with Crippen LogP contribution >= 0.6 is 11.6 Å². The molecule has 0 amide bonds. The first kappa shape index (κ1) is 18.1. The van der Waals surface area contributed by atoms with Crippen molar-refractivity contribution in [3.8, 4) is 0 Å². The molecule has 0 radical (unpaired) electrons. The minimum atomic E-state index is -0.788. The zero-order valence-electron chi connectivity index (χ0n) is 12.4. The third-order valence-electron chi connectivity index (χ3n) is 2.24. The van der Waals surface area contributed by atoms with Crippen molar-refractivity contribution in [2.24, 2.45) is 0 Å². The summed E-state index contributed by atoms with van der Waals surface area (Å²) in [4.78, 5) is 0. The number of aliphatic hydroxyl groups excluding tert-OH is 2. The van der Waals surface area contributed by atoms with Gasteiger partial charge in [-0.05, 0) is 0 Å². The number of likely N-dealkylation sites (N-methyl/N-ethyl adjacent to an activating group) is 2. The van der Waals surface area contributed by atoms with Crippen molar-refractivity contribution in [1.29, 1.82) is 0 Å². The normalized spacial score (nSPS) is 18.5. The maximum absolute atomic E-state index is 9.84. The van der Waals surface area contributed by atoms with Crippen LogP contribution in [0.4, 0.5) is 0 Å². The van der Waals surface area contributed by atoms with Gasteiger partial charge in [-0.25, -0.2) is 0 Å². The maximum Gasteiger partial charge on any atom is 0.162 e. The Kier molecular flexibility index (Phi) is 7.06. The van der Waals surface area contributed by atoms with Crippen molar-refractivity contribution >= 4 is 11.6 Å². The highest BCUT2D eigenvalue weighted by atomic mass is 35.5. The van der Waals surface area contributed by atoms with Crippen molar-refractivity contribution in [3.63, 3.8) is 0 Å². The monoisotopic (exact) mass is 284 g/mol. The van der Waals surface area contributed by atoms with Crippen LogP contribution in [0.1, 0.15) is 0 Å². The summed E-state index contributed by atoms with van der Waals surface area (Å²) >= 11 is 5.95. The van der Waals surface area contributed by atoms with E-state index in [0.717, 1.165) is 0 Å². The molecule has 6 heteroatoms. The highest BCUT2D eigenvalue weighted by Gasteiger charge is 2.25. The molecule has 0 aromatic heterocycles. The number of aliphatic hydroxyl groups is 2. The van der Waals surface area contributed by atoms with Crippen molar-refractivity contribution in [3.05, 3.63) is 0 Å². The van der Waals surface area contributed by atoms with Crippen molar-refractivity contribution < 1.29 is 23.9 Å². The van der Waals surface area contributed by atoms with Gasteiger partial charge in [0, 0.05) is 0 Å². The molecule has 0 saturated heterocycles. The number of ether oxygens (including phenoxy) is 1. The van der Waals surface area contributed by atoms with E-state index in [1.54, 1.807) is 0 Å². The minimum absolute atomic E-state index is 0.137. The Bertz CT molecular complexity index is 238. The van der Waals surface area contributed by atoms with Crippen LogP contribution in [-0.2, 0) is 4.74 Å². The number of halogens is 1. The molecule has 0 spiro atoms. The van der Waals surface area contributed by atoms with E-state index in [2.05, 4.69) is 0 Å². The quantitative estimate of drug-likeness (QED) is 0.475. The Labute approximate surface area is 116 Å². The van der Waals surface area contributed by atoms with E-state index in [9.17, 15) is 10.2 Å². The number of hydrogen-bond donors (Lipinski definition) is 2. The molecule has 0 aliphatic heterocycles. The lowest BCUT2D eigenvalue weighted by molar-refractivity contribution is -0.874. The first-order chi connectivity index (χ1) is 7.91. The lowest BCUT2D eigenvalue weighted by Gasteiger charge is -2.30. The third kappa shape index (κ3) is 10.1. The summed E-state index contributed by atoms with van der Waals surface area (Å²) in [5.74, 6) is 0. The molecule has 0 aromatic carbocycles. The van der Waals surface area contributed by atoms with Crippen LogP contribution in [0.2, 0.25) is 0 Å². The van der Waals surface area contributed by atoms with Gasteiger partial charge in [0.25, 0.3) is 0 Å². The molecule has 18 heavy (non-hydrogen) atoms. The Morgan fingerprint density at radius 1 is 0.944 bits per heavy atom. The number of quaternary nitrogens is 2. The molecule has 110 valence electrons. The lowest BCUT2D eigenvalue weighted by Crippen LogP contribution is -2.46. The Morgan fingerprint density at radius 2 is 1.39 bits per heavy atom. The first-order valence-corrected chi connectivity index (χ1v) is 6.57. The van der Waals surface area contributed by atoms with Crippen LogP contribution in [0.15, 0.2) is 0 Å². The molecule has 0 saturated carbocycles. The minimum Gasteiger partial charge on any atom is -0.385 e. The fraction of sp³-hybridized carbons (Fsp3) is 1.00. The molecule has 0 aromatic rings. The van der Waals surface area contributed by atoms with Crippen LogP contribution in [0.25, 0.3) is 0 Å². The van der Waals surface area contributed by atoms with E-state index < -0.39 is 17.8 Å². The second kappa shape index (κ2) is 7.03. The largest absolute Gasteiger partial charge is 0.385 e. The van der Waals surface area contributed by atoms with Crippen LogP contribution in [0, 0.1) is 0 Å². The van der Waals surface area contributed by atoms with Gasteiger partial charge >= 0.3 is 0 Å². The van der Waals surface area contributed by atoms with Crippen LogP contribution in [-0.4, -0.2) is 98.9 Å². The van der Waals surface area contributed by atoms with Gasteiger partial charge in [-0.2, -0.15) is 0 Å². The van der Waals surface area contributed by atoms with Crippen LogP contribution in [0.3, 0.4) is 0 Å². The maximum atomic E-state index is 9.84. The molecule has 3 atom stereocenters. The van der Waals surface area contributed by atoms with Crippen molar-refractivity contribution in [1.82, 2.24) is 0 Å². The highest BCUT2D eigenvalue weighted by Crippen LogP contribution is 2.09. The molecule has 0 rings (SSSR count). The van der Waals surface area contributed by atoms with Gasteiger partial charge in [-0.1, -0.05) is 11.6 Å². The molecular formula is C12H29ClN2O3+2. The summed E-state index contributed by atoms with van der Waals surface area (Å²) in [6.45, 7) is 1.21. The van der Waals surface area contributed by atoms with E-state index in [1.807, 2.05) is 42.3 Å². The molecule has 0 bridgehead atoms. The molecule has 0 heterocycles. The predicted molar refractivity (Wildman–Crippen MR) is 73.4 cm³/mol. The van der Waals surface area contributed by atoms with Gasteiger partial charge in [0.05, 0.1) is 48.9 Å². The number of rotatable bonds is 8. The Morgan fingerprint density at radius 3 is 1.78 bits per heavy atom. The molecule has 0 aliphatic rings. The number of nitrogens with zero attached hydrogens (tertiary/aromatic N) is 2. The average molecular weight is 285 g/mol. The molecule has 0 aliphatic carbocycles. The van der Waals surface area contributed by atoms with Gasteiger partial charge < -0.3 is 23.9 Å². The summed E-state index contributed by atoms with van der Waals surface area (Å²) in [6, 6.07) is 0. The van der Waals surface area contributed by atoms with E-state index in [0.29, 0.717) is 22.1 Å². The smallest absolute Gasteiger partial charge is 0.162 e. The van der Waals surface area contributed by atoms with Crippen LogP contribution < -0.4 is 0 Å². The van der Waals surface area contributed by atoms with Crippen LogP contribution in [0.5, 0.6) is 0 Å². The molecule has 3 unspecified atom stereocenters. The molecule has 5 nitrogen and oxygen atoms in total. The fourth-order valence-electron chi connectivity index (χ4n) is 1.64. The SMILES string of the molecule is C[N+](C)(C)CC(O)COC(Cl)C(O)C[N+](C)(C)C. The van der Waals surface area contributed by atoms with Gasteiger partial charge in [-0.3, -0.25) is 0 Å². The van der Waals surface area contributed by atoms with Gasteiger partial charge in [0.2, 0.25) is 0 Å². The molecular weight excluding hydrogens is 256 g/mol. The number of alkyl halides is 1. The van der Waals surface area contributed by atoms with E-state index in [1.165, 1.54) is 0 Å². The summed E-state index contributed by atoms with van der Waals surface area (Å²) in [6.07, 6.45) is -1.33. The summed E-state index contributed by atoms with van der Waals surface area (Å²) in [7, 11) is 11.9. The summed E-state index contributed by atoms with van der Waals surface area (Å²) in [5.41, 5.74) is -0.788. The standard InChI is InChI=1S/C12H29ClN2O3/c1-14(2,3)7-10(16)9-18-12(13)11(17)8-15(4,5)6/h10-12,16-17H,7-9H2,1-6H3/q+2. The first-order valence-electron chi connectivity index (χ1n) is 6.13.